The number of aryl methyl sites for hydroxylation is 1. The highest BCUT2D eigenvalue weighted by molar-refractivity contribution is 6.74. The Hall–Kier alpha value is -3.14. The predicted molar refractivity (Wildman–Crippen MR) is 170 cm³/mol. The van der Waals surface area contributed by atoms with Gasteiger partial charge in [0.2, 0.25) is 8.32 Å². The molecule has 0 fully saturated rings. The van der Waals surface area contributed by atoms with Crippen LogP contribution in [0.5, 0.6) is 5.75 Å². The molecule has 2 unspecified atom stereocenters. The molecule has 3 rings (SSSR count). The largest absolute Gasteiger partial charge is 0.543 e. The second-order valence-electron chi connectivity index (χ2n) is 11.8. The Balaban J connectivity index is 2.23. The summed E-state index contributed by atoms with van der Waals surface area (Å²) in [7, 11) is 1.56. The number of halogens is 2. The molecule has 2 aromatic carbocycles. The normalized spacial score (nSPS) is 17.2. The number of rotatable bonds is 10. The third kappa shape index (κ3) is 7.69. The Morgan fingerprint density at radius 1 is 0.884 bits per heavy atom. The molecule has 232 valence electrons. The number of allylic oxidation sites excluding steroid dienone is 1. The van der Waals surface area contributed by atoms with Crippen LogP contribution < -0.4 is 4.43 Å². The van der Waals surface area contributed by atoms with Crippen LogP contribution in [-0.4, -0.2) is 53.3 Å². The first kappa shape index (κ1) is 34.3. The summed E-state index contributed by atoms with van der Waals surface area (Å²) in [6.45, 7) is 10.9. The van der Waals surface area contributed by atoms with Gasteiger partial charge in [0.25, 0.3) is 0 Å². The van der Waals surface area contributed by atoms with Crippen molar-refractivity contribution in [3.63, 3.8) is 0 Å². The van der Waals surface area contributed by atoms with Crippen molar-refractivity contribution in [2.45, 2.75) is 64.1 Å². The van der Waals surface area contributed by atoms with Crippen molar-refractivity contribution < 1.29 is 33.0 Å². The van der Waals surface area contributed by atoms with E-state index in [0.29, 0.717) is 17.7 Å². The molecule has 0 aromatic heterocycles. The van der Waals surface area contributed by atoms with Gasteiger partial charge in [0.05, 0.1) is 39.0 Å². The van der Waals surface area contributed by atoms with Crippen LogP contribution in [0.1, 0.15) is 50.7 Å². The van der Waals surface area contributed by atoms with Crippen molar-refractivity contribution in [1.29, 1.82) is 0 Å². The fraction of sp³-hybridized carbons (Fsp3) is 0.438. The Morgan fingerprint density at radius 2 is 1.51 bits per heavy atom. The van der Waals surface area contributed by atoms with Crippen LogP contribution in [0.3, 0.4) is 0 Å². The van der Waals surface area contributed by atoms with Gasteiger partial charge in [-0.05, 0) is 60.3 Å². The zero-order valence-corrected chi connectivity index (χ0v) is 28.4. The SMILES string of the molecule is COC(=O)CC1=NC(CCc2ccccc2O[Si](C)(C)C(C)(C)C)=C(C(=O)OC)C(c2c(Cl)cccc2Cl)C1C(=O)OC. The quantitative estimate of drug-likeness (QED) is 0.151. The Morgan fingerprint density at radius 3 is 2.07 bits per heavy atom. The fourth-order valence-electron chi connectivity index (χ4n) is 4.77. The monoisotopic (exact) mass is 647 g/mol. The van der Waals surface area contributed by atoms with Crippen LogP contribution in [-0.2, 0) is 35.0 Å². The smallest absolute Gasteiger partial charge is 0.336 e. The Kier molecular flexibility index (Phi) is 11.3. The number of hydrogen-bond donors (Lipinski definition) is 0. The summed E-state index contributed by atoms with van der Waals surface area (Å²) in [5.74, 6) is -3.47. The molecular weight excluding hydrogens is 609 g/mol. The molecule has 1 aliphatic rings. The van der Waals surface area contributed by atoms with E-state index in [-0.39, 0.29) is 39.2 Å². The first-order valence-electron chi connectivity index (χ1n) is 13.9. The minimum absolute atomic E-state index is 0.0124. The minimum atomic E-state index is -2.16. The summed E-state index contributed by atoms with van der Waals surface area (Å²) in [6.07, 6.45) is 0.402. The van der Waals surface area contributed by atoms with Crippen LogP contribution in [0.4, 0.5) is 0 Å². The van der Waals surface area contributed by atoms with Crippen molar-refractivity contribution in [1.82, 2.24) is 0 Å². The lowest BCUT2D eigenvalue weighted by molar-refractivity contribution is -0.143. The molecule has 0 bridgehead atoms. The van der Waals surface area contributed by atoms with E-state index < -0.39 is 38.1 Å². The maximum atomic E-state index is 13.5. The Bertz CT molecular complexity index is 1430. The van der Waals surface area contributed by atoms with Crippen molar-refractivity contribution in [3.8, 4) is 5.75 Å². The average Bonchev–Trinajstić information content (AvgIpc) is 2.94. The molecule has 0 saturated heterocycles. The van der Waals surface area contributed by atoms with Gasteiger partial charge < -0.3 is 18.6 Å². The van der Waals surface area contributed by atoms with E-state index in [9.17, 15) is 14.4 Å². The molecule has 0 spiro atoms. The summed E-state index contributed by atoms with van der Waals surface area (Å²) in [5, 5.41) is 0.459. The maximum absolute atomic E-state index is 13.5. The van der Waals surface area contributed by atoms with Crippen molar-refractivity contribution in [2.24, 2.45) is 10.9 Å². The number of benzene rings is 2. The summed E-state index contributed by atoms with van der Waals surface area (Å²) in [5.41, 5.74) is 1.89. The lowest BCUT2D eigenvalue weighted by atomic mass is 9.74. The highest BCUT2D eigenvalue weighted by Gasteiger charge is 2.46. The summed E-state index contributed by atoms with van der Waals surface area (Å²) < 4.78 is 21.9. The second-order valence-corrected chi connectivity index (χ2v) is 17.3. The highest BCUT2D eigenvalue weighted by Crippen LogP contribution is 2.47. The van der Waals surface area contributed by atoms with Crippen molar-refractivity contribution in [2.75, 3.05) is 21.3 Å². The zero-order valence-electron chi connectivity index (χ0n) is 25.9. The fourth-order valence-corrected chi connectivity index (χ4v) is 6.45. The number of carbonyl (C=O) groups is 3. The van der Waals surface area contributed by atoms with E-state index in [2.05, 4.69) is 33.9 Å². The van der Waals surface area contributed by atoms with Crippen LogP contribution in [0.2, 0.25) is 28.2 Å². The molecule has 8 nitrogen and oxygen atoms in total. The molecular formula is C32H39Cl2NO7Si. The van der Waals surface area contributed by atoms with Gasteiger partial charge in [-0.1, -0.05) is 68.2 Å². The second kappa shape index (κ2) is 14.1. The standard InChI is InChI=1S/C32H39Cl2NO7Si/c1-32(2,3)43(7,8)42-24-15-10-9-12-19(24)16-17-22-27(30(37)40-5)29(26-20(33)13-11-14-21(26)34)28(31(38)41-6)23(35-22)18-25(36)39-4/h9-15,28-29H,16-18H2,1-8H3. The molecule has 1 aliphatic heterocycles. The number of hydrogen-bond acceptors (Lipinski definition) is 8. The lowest BCUT2D eigenvalue weighted by Gasteiger charge is -2.37. The third-order valence-electron chi connectivity index (χ3n) is 8.09. The minimum Gasteiger partial charge on any atom is -0.543 e. The number of carbonyl (C=O) groups excluding carboxylic acids is 3. The number of methoxy groups -OCH3 is 3. The summed E-state index contributed by atoms with van der Waals surface area (Å²) in [4.78, 5) is 44.1. The van der Waals surface area contributed by atoms with E-state index in [0.717, 1.165) is 11.3 Å². The van der Waals surface area contributed by atoms with Gasteiger partial charge >= 0.3 is 17.9 Å². The van der Waals surface area contributed by atoms with E-state index in [4.69, 9.17) is 46.8 Å². The topological polar surface area (TPSA) is 100 Å². The van der Waals surface area contributed by atoms with E-state index >= 15 is 0 Å². The van der Waals surface area contributed by atoms with Gasteiger partial charge in [-0.3, -0.25) is 14.6 Å². The molecule has 0 radical (unpaired) electrons. The van der Waals surface area contributed by atoms with E-state index in [1.54, 1.807) is 18.2 Å². The van der Waals surface area contributed by atoms with E-state index in [1.807, 2.05) is 24.3 Å². The first-order chi connectivity index (χ1) is 20.2. The number of esters is 3. The molecule has 0 N–H and O–H groups in total. The molecule has 0 saturated carbocycles. The van der Waals surface area contributed by atoms with Gasteiger partial charge in [-0.25, -0.2) is 4.79 Å². The Labute approximate surface area is 264 Å². The van der Waals surface area contributed by atoms with Gasteiger partial charge in [0.15, 0.2) is 0 Å². The van der Waals surface area contributed by atoms with Crippen LogP contribution >= 0.6 is 23.2 Å². The molecule has 2 aromatic rings. The van der Waals surface area contributed by atoms with Gasteiger partial charge in [-0.2, -0.15) is 0 Å². The van der Waals surface area contributed by atoms with Crippen molar-refractivity contribution in [3.05, 3.63) is 74.9 Å². The van der Waals surface area contributed by atoms with E-state index in [1.165, 1.54) is 21.3 Å². The van der Waals surface area contributed by atoms with Gasteiger partial charge in [0, 0.05) is 21.7 Å². The van der Waals surface area contributed by atoms with Crippen molar-refractivity contribution >= 4 is 55.1 Å². The first-order valence-corrected chi connectivity index (χ1v) is 17.6. The summed E-state index contributed by atoms with van der Waals surface area (Å²) in [6, 6.07) is 12.7. The highest BCUT2D eigenvalue weighted by atomic mass is 35.5. The third-order valence-corrected chi connectivity index (χ3v) is 13.1. The summed E-state index contributed by atoms with van der Waals surface area (Å²) >= 11 is 13.3. The van der Waals surface area contributed by atoms with Crippen LogP contribution in [0.25, 0.3) is 0 Å². The molecule has 43 heavy (non-hydrogen) atoms. The molecule has 0 aliphatic carbocycles. The van der Waals surface area contributed by atoms with Crippen LogP contribution in [0, 0.1) is 5.92 Å². The maximum Gasteiger partial charge on any atom is 0.336 e. The number of nitrogens with zero attached hydrogens (tertiary/aromatic N) is 1. The molecule has 1 heterocycles. The molecule has 2 atom stereocenters. The number of ether oxygens (including phenoxy) is 3. The van der Waals surface area contributed by atoms with Gasteiger partial charge in [0.1, 0.15) is 11.7 Å². The zero-order chi connectivity index (χ0) is 32.1. The number of para-hydroxylation sites is 1. The predicted octanol–water partition coefficient (Wildman–Crippen LogP) is 7.33. The number of aliphatic imine (C=N–C) groups is 1. The average molecular weight is 649 g/mol. The molecule has 11 heteroatoms. The lowest BCUT2D eigenvalue weighted by Crippen LogP contribution is -2.44. The van der Waals surface area contributed by atoms with Crippen LogP contribution in [0.15, 0.2) is 58.7 Å². The molecule has 0 amide bonds. The van der Waals surface area contributed by atoms with Gasteiger partial charge in [-0.15, -0.1) is 0 Å².